The Labute approximate surface area is 184 Å². The van der Waals surface area contributed by atoms with Gasteiger partial charge in [0, 0.05) is 6.20 Å². The van der Waals surface area contributed by atoms with Gasteiger partial charge < -0.3 is 29.4 Å². The predicted octanol–water partition coefficient (Wildman–Crippen LogP) is 2.26. The molecular weight excluding hydrogens is 441 g/mol. The summed E-state index contributed by atoms with van der Waals surface area (Å²) in [5, 5.41) is 9.26. The van der Waals surface area contributed by atoms with Crippen molar-refractivity contribution in [2.45, 2.75) is 70.0 Å². The second kappa shape index (κ2) is 8.04. The topological polar surface area (TPSA) is 164 Å². The summed E-state index contributed by atoms with van der Waals surface area (Å²) in [5.41, 5.74) is 5.55. The Hall–Kier alpha value is -2.10. The molecule has 0 aromatic carbocycles. The number of nitriles is 1. The Morgan fingerprint density at radius 2 is 2.19 bits per heavy atom. The monoisotopic (exact) mass is 467 g/mol. The van der Waals surface area contributed by atoms with E-state index in [1.54, 1.807) is 37.6 Å². The normalized spacial score (nSPS) is 31.8. The first-order valence-electron chi connectivity index (χ1n) is 10.1. The fourth-order valence-electron chi connectivity index (χ4n) is 4.36. The standard InChI is InChI=1S/C19H26N5O7P/c1-11(30-32(25,26)27-9-5-7-20)13-14-19(4,31-18(2,3)29-14)17(28-13)24-8-6-12-15(21)22-10-23-16(12)24/h6,8,10-11,13-14,17H,5,9H2,1-4H3,(H,25,26)(H2,21,22,23)/t11-,13-,14-,17-,19-/m1/s1. The molecule has 0 saturated carbocycles. The van der Waals surface area contributed by atoms with Gasteiger partial charge in [-0.25, -0.2) is 14.5 Å². The first-order valence-corrected chi connectivity index (χ1v) is 11.6. The number of fused-ring (bicyclic) bond motifs is 2. The van der Waals surface area contributed by atoms with Crippen LogP contribution in [0.4, 0.5) is 5.82 Å². The highest BCUT2D eigenvalue weighted by Crippen LogP contribution is 2.54. The van der Waals surface area contributed by atoms with Gasteiger partial charge in [-0.15, -0.1) is 0 Å². The molecule has 0 amide bonds. The van der Waals surface area contributed by atoms with Crippen LogP contribution >= 0.6 is 7.82 Å². The van der Waals surface area contributed by atoms with Crippen molar-refractivity contribution in [1.82, 2.24) is 14.5 Å². The van der Waals surface area contributed by atoms with Gasteiger partial charge in [0.2, 0.25) is 0 Å². The summed E-state index contributed by atoms with van der Waals surface area (Å²) in [6.07, 6.45) is 0.0882. The third kappa shape index (κ3) is 4.02. The maximum absolute atomic E-state index is 12.3. The van der Waals surface area contributed by atoms with Crippen molar-refractivity contribution in [3.05, 3.63) is 18.6 Å². The number of ether oxygens (including phenoxy) is 3. The van der Waals surface area contributed by atoms with Crippen LogP contribution in [0.5, 0.6) is 0 Å². The van der Waals surface area contributed by atoms with Gasteiger partial charge >= 0.3 is 7.82 Å². The number of anilines is 1. The summed E-state index contributed by atoms with van der Waals surface area (Å²) in [6.45, 7) is 6.78. The Kier molecular flexibility index (Phi) is 5.80. The minimum Gasteiger partial charge on any atom is -0.383 e. The van der Waals surface area contributed by atoms with Crippen molar-refractivity contribution >= 4 is 24.7 Å². The lowest BCUT2D eigenvalue weighted by molar-refractivity contribution is -0.221. The van der Waals surface area contributed by atoms with Crippen LogP contribution < -0.4 is 5.73 Å². The average Bonchev–Trinajstić information content (AvgIpc) is 3.29. The van der Waals surface area contributed by atoms with Crippen molar-refractivity contribution in [3.8, 4) is 6.07 Å². The van der Waals surface area contributed by atoms with E-state index in [4.69, 9.17) is 34.3 Å². The zero-order valence-electron chi connectivity index (χ0n) is 18.2. The quantitative estimate of drug-likeness (QED) is 0.453. The van der Waals surface area contributed by atoms with Crippen LogP contribution in [0.25, 0.3) is 11.0 Å². The minimum absolute atomic E-state index is 0.0399. The highest BCUT2D eigenvalue weighted by molar-refractivity contribution is 7.47. The first-order chi connectivity index (χ1) is 15.0. The third-order valence-electron chi connectivity index (χ3n) is 5.54. The molecule has 2 aromatic rings. The van der Waals surface area contributed by atoms with Crippen molar-refractivity contribution in [3.63, 3.8) is 0 Å². The van der Waals surface area contributed by atoms with Crippen LogP contribution in [0.1, 0.15) is 40.3 Å². The Morgan fingerprint density at radius 1 is 1.44 bits per heavy atom. The van der Waals surface area contributed by atoms with Crippen LogP contribution in [-0.2, 0) is 27.8 Å². The highest BCUT2D eigenvalue weighted by atomic mass is 31.2. The second-order valence-electron chi connectivity index (χ2n) is 8.42. The van der Waals surface area contributed by atoms with E-state index in [9.17, 15) is 9.46 Å². The number of nitrogens with zero attached hydrogens (tertiary/aromatic N) is 4. The van der Waals surface area contributed by atoms with Crippen molar-refractivity contribution in [2.75, 3.05) is 12.3 Å². The number of hydrogen-bond donors (Lipinski definition) is 2. The summed E-state index contributed by atoms with van der Waals surface area (Å²) >= 11 is 0. The molecule has 1 unspecified atom stereocenters. The molecule has 2 fully saturated rings. The number of aromatic nitrogens is 3. The van der Waals surface area contributed by atoms with Gasteiger partial charge in [0.1, 0.15) is 35.6 Å². The van der Waals surface area contributed by atoms with Crippen LogP contribution in [0.3, 0.4) is 0 Å². The number of nitrogen functional groups attached to an aromatic ring is 1. The van der Waals surface area contributed by atoms with Gasteiger partial charge in [-0.3, -0.25) is 9.05 Å². The molecule has 2 aromatic heterocycles. The van der Waals surface area contributed by atoms with Gasteiger partial charge in [-0.2, -0.15) is 5.26 Å². The van der Waals surface area contributed by atoms with Crippen LogP contribution in [0.2, 0.25) is 0 Å². The number of hydrogen-bond acceptors (Lipinski definition) is 10. The van der Waals surface area contributed by atoms with E-state index in [0.717, 1.165) is 0 Å². The van der Waals surface area contributed by atoms with Crippen LogP contribution in [-0.4, -0.2) is 55.7 Å². The zero-order valence-corrected chi connectivity index (χ0v) is 19.1. The van der Waals surface area contributed by atoms with Gasteiger partial charge in [0.15, 0.2) is 12.0 Å². The number of nitrogens with two attached hydrogens (primary N) is 1. The molecule has 2 saturated heterocycles. The molecule has 2 aliphatic heterocycles. The lowest BCUT2D eigenvalue weighted by Crippen LogP contribution is -2.44. The lowest BCUT2D eigenvalue weighted by atomic mass is 9.94. The average molecular weight is 467 g/mol. The predicted molar refractivity (Wildman–Crippen MR) is 111 cm³/mol. The van der Waals surface area contributed by atoms with Crippen LogP contribution in [0.15, 0.2) is 18.6 Å². The maximum atomic E-state index is 12.3. The number of rotatable bonds is 7. The van der Waals surface area contributed by atoms with E-state index < -0.39 is 43.8 Å². The van der Waals surface area contributed by atoms with E-state index in [-0.39, 0.29) is 13.0 Å². The molecule has 32 heavy (non-hydrogen) atoms. The molecule has 4 rings (SSSR count). The molecule has 0 aliphatic carbocycles. The van der Waals surface area contributed by atoms with Gasteiger partial charge in [-0.05, 0) is 33.8 Å². The molecule has 2 aliphatic rings. The Balaban J connectivity index is 1.65. The molecule has 174 valence electrons. The third-order valence-corrected chi connectivity index (χ3v) is 6.65. The first kappa shape index (κ1) is 23.1. The smallest absolute Gasteiger partial charge is 0.383 e. The number of phosphoric ester groups is 1. The Morgan fingerprint density at radius 3 is 2.91 bits per heavy atom. The number of phosphoric acid groups is 1. The Bertz CT molecular complexity index is 1100. The molecule has 13 heteroatoms. The molecule has 3 N–H and O–H groups in total. The van der Waals surface area contributed by atoms with E-state index in [1.165, 1.54) is 6.33 Å². The van der Waals surface area contributed by atoms with E-state index in [2.05, 4.69) is 9.97 Å². The lowest BCUT2D eigenvalue weighted by Gasteiger charge is -2.30. The van der Waals surface area contributed by atoms with E-state index >= 15 is 0 Å². The van der Waals surface area contributed by atoms with Gasteiger partial charge in [0.25, 0.3) is 0 Å². The van der Waals surface area contributed by atoms with E-state index in [1.807, 2.05) is 13.0 Å². The molecular formula is C19H26N5O7P. The summed E-state index contributed by atoms with van der Waals surface area (Å²) in [6, 6.07) is 3.62. The second-order valence-corrected chi connectivity index (χ2v) is 9.82. The molecule has 0 spiro atoms. The van der Waals surface area contributed by atoms with Crippen molar-refractivity contribution in [1.29, 1.82) is 5.26 Å². The zero-order chi connectivity index (χ0) is 23.3. The van der Waals surface area contributed by atoms with Crippen molar-refractivity contribution < 1.29 is 32.7 Å². The summed E-state index contributed by atoms with van der Waals surface area (Å²) < 4.78 is 43.0. The molecule has 6 atom stereocenters. The highest BCUT2D eigenvalue weighted by Gasteiger charge is 2.65. The van der Waals surface area contributed by atoms with Gasteiger partial charge in [0.05, 0.1) is 30.6 Å². The molecule has 12 nitrogen and oxygen atoms in total. The molecule has 0 bridgehead atoms. The fraction of sp³-hybridized carbons (Fsp3) is 0.632. The summed E-state index contributed by atoms with van der Waals surface area (Å²) in [4.78, 5) is 18.4. The minimum atomic E-state index is -4.42. The largest absolute Gasteiger partial charge is 0.472 e. The fourth-order valence-corrected chi connectivity index (χ4v) is 5.28. The summed E-state index contributed by atoms with van der Waals surface area (Å²) in [7, 11) is -4.42. The molecule has 0 radical (unpaired) electrons. The molecule has 4 heterocycles. The van der Waals surface area contributed by atoms with Crippen LogP contribution in [0, 0.1) is 11.3 Å². The van der Waals surface area contributed by atoms with Crippen molar-refractivity contribution in [2.24, 2.45) is 0 Å². The van der Waals surface area contributed by atoms with E-state index in [0.29, 0.717) is 16.9 Å². The SMILES string of the molecule is C[C@@H](OP(=O)(O)OCCC#N)[C@H]1O[C@@H](n2ccc3c(N)ncnc32)[C@]2(C)OC(C)(C)O[C@H]12. The van der Waals surface area contributed by atoms with Gasteiger partial charge in [-0.1, -0.05) is 0 Å². The summed E-state index contributed by atoms with van der Waals surface area (Å²) in [5.74, 6) is -0.593. The maximum Gasteiger partial charge on any atom is 0.472 e.